The first kappa shape index (κ1) is 24.1. The Kier molecular flexibility index (Phi) is 8.57. The normalized spacial score (nSPS) is 15.5. The average Bonchev–Trinajstić information content (AvgIpc) is 2.78. The Morgan fingerprint density at radius 2 is 1.75 bits per heavy atom. The van der Waals surface area contributed by atoms with Crippen LogP contribution in [0.3, 0.4) is 0 Å². The van der Waals surface area contributed by atoms with Gasteiger partial charge in [-0.1, -0.05) is 44.2 Å². The molecule has 32 heavy (non-hydrogen) atoms. The van der Waals surface area contributed by atoms with Crippen LogP contribution in [0.5, 0.6) is 0 Å². The van der Waals surface area contributed by atoms with E-state index in [1.165, 1.54) is 5.56 Å². The van der Waals surface area contributed by atoms with E-state index in [0.717, 1.165) is 38.0 Å². The second kappa shape index (κ2) is 11.4. The quantitative estimate of drug-likeness (QED) is 0.544. The molecule has 2 aromatic carbocycles. The fraction of sp³-hybridized carbons (Fsp3) is 0.462. The maximum Gasteiger partial charge on any atom is 0.253 e. The molecule has 0 aromatic heterocycles. The summed E-state index contributed by atoms with van der Waals surface area (Å²) in [5.41, 5.74) is 3.47. The van der Waals surface area contributed by atoms with Gasteiger partial charge >= 0.3 is 0 Å². The topological polar surface area (TPSA) is 61.4 Å². The fourth-order valence-electron chi connectivity index (χ4n) is 4.03. The van der Waals surface area contributed by atoms with Crippen molar-refractivity contribution in [3.63, 3.8) is 0 Å². The van der Waals surface area contributed by atoms with E-state index in [0.29, 0.717) is 29.6 Å². The van der Waals surface area contributed by atoms with Crippen LogP contribution in [0.4, 0.5) is 11.4 Å². The predicted molar refractivity (Wildman–Crippen MR) is 133 cm³/mol. The first-order chi connectivity index (χ1) is 15.3. The molecule has 1 fully saturated rings. The highest BCUT2D eigenvalue weighted by molar-refractivity contribution is 6.32. The summed E-state index contributed by atoms with van der Waals surface area (Å²) in [6.07, 6.45) is 3.27. The molecular formula is C26H34ClN3O2. The lowest BCUT2D eigenvalue weighted by molar-refractivity contribution is -0.115. The number of rotatable bonds is 8. The molecule has 172 valence electrons. The highest BCUT2D eigenvalue weighted by Crippen LogP contribution is 2.30. The molecule has 0 bridgehead atoms. The zero-order valence-corrected chi connectivity index (χ0v) is 20.0. The van der Waals surface area contributed by atoms with Gasteiger partial charge in [0, 0.05) is 31.0 Å². The van der Waals surface area contributed by atoms with Gasteiger partial charge in [-0.05, 0) is 61.8 Å². The molecule has 1 saturated heterocycles. The zero-order chi connectivity index (χ0) is 23.1. The molecule has 1 aliphatic rings. The van der Waals surface area contributed by atoms with E-state index in [1.807, 2.05) is 12.1 Å². The third kappa shape index (κ3) is 6.73. The van der Waals surface area contributed by atoms with Crippen molar-refractivity contribution >= 4 is 34.8 Å². The molecule has 0 radical (unpaired) electrons. The fourth-order valence-corrected chi connectivity index (χ4v) is 4.09. The Balaban J connectivity index is 1.74. The summed E-state index contributed by atoms with van der Waals surface area (Å²) in [4.78, 5) is 27.3. The number of hydrogen-bond donors (Lipinski definition) is 2. The van der Waals surface area contributed by atoms with E-state index in [9.17, 15) is 9.59 Å². The van der Waals surface area contributed by atoms with Crippen molar-refractivity contribution in [1.82, 2.24) is 5.32 Å². The predicted octanol–water partition coefficient (Wildman–Crippen LogP) is 5.10. The number of anilines is 2. The molecule has 0 spiro atoms. The van der Waals surface area contributed by atoms with Gasteiger partial charge in [0.25, 0.3) is 5.91 Å². The molecule has 6 heteroatoms. The van der Waals surface area contributed by atoms with Crippen LogP contribution in [0.1, 0.15) is 49.5 Å². The molecule has 2 N–H and O–H groups in total. The number of piperidine rings is 1. The first-order valence-corrected chi connectivity index (χ1v) is 11.9. The summed E-state index contributed by atoms with van der Waals surface area (Å²) < 4.78 is 0. The van der Waals surface area contributed by atoms with Crippen LogP contribution in [0, 0.1) is 11.8 Å². The second-order valence-corrected chi connectivity index (χ2v) is 9.72. The number of nitrogens with zero attached hydrogens (tertiary/aromatic N) is 1. The third-order valence-corrected chi connectivity index (χ3v) is 6.06. The molecule has 1 atom stereocenters. The average molecular weight is 456 g/mol. The van der Waals surface area contributed by atoms with Crippen LogP contribution < -0.4 is 15.5 Å². The van der Waals surface area contributed by atoms with Crippen LogP contribution in [0.25, 0.3) is 0 Å². The summed E-state index contributed by atoms with van der Waals surface area (Å²) in [6.45, 7) is 8.18. The number of alkyl halides is 1. The number of benzene rings is 2. The smallest absolute Gasteiger partial charge is 0.253 e. The molecule has 1 aliphatic heterocycles. The number of halogens is 1. The SMILES string of the molecule is CC(C)CNC(=O)c1cc(NC(=O)C(C)Cl)ccc1N1CCC(Cc2ccccc2)CC1. The monoisotopic (exact) mass is 455 g/mol. The number of carbonyl (C=O) groups excluding carboxylic acids is 2. The van der Waals surface area contributed by atoms with Gasteiger partial charge in [-0.3, -0.25) is 9.59 Å². The molecule has 1 unspecified atom stereocenters. The lowest BCUT2D eigenvalue weighted by Crippen LogP contribution is -2.36. The maximum absolute atomic E-state index is 13.0. The van der Waals surface area contributed by atoms with Gasteiger partial charge < -0.3 is 15.5 Å². The van der Waals surface area contributed by atoms with E-state index < -0.39 is 5.38 Å². The molecule has 3 rings (SSSR count). The molecular weight excluding hydrogens is 422 g/mol. The molecule has 0 saturated carbocycles. The van der Waals surface area contributed by atoms with Gasteiger partial charge in [0.2, 0.25) is 5.91 Å². The van der Waals surface area contributed by atoms with Crippen LogP contribution in [-0.4, -0.2) is 36.8 Å². The van der Waals surface area contributed by atoms with E-state index in [-0.39, 0.29) is 11.8 Å². The highest BCUT2D eigenvalue weighted by atomic mass is 35.5. The van der Waals surface area contributed by atoms with E-state index in [1.54, 1.807) is 13.0 Å². The summed E-state index contributed by atoms with van der Waals surface area (Å²) >= 11 is 5.89. The van der Waals surface area contributed by atoms with Crippen molar-refractivity contribution < 1.29 is 9.59 Å². The van der Waals surface area contributed by atoms with Gasteiger partial charge in [0.05, 0.1) is 5.56 Å². The van der Waals surface area contributed by atoms with Crippen molar-refractivity contribution in [3.8, 4) is 0 Å². The van der Waals surface area contributed by atoms with Crippen molar-refractivity contribution in [2.45, 2.75) is 45.4 Å². The lowest BCUT2D eigenvalue weighted by Gasteiger charge is -2.35. The summed E-state index contributed by atoms with van der Waals surface area (Å²) in [5, 5.41) is 5.17. The van der Waals surface area contributed by atoms with Crippen LogP contribution in [-0.2, 0) is 11.2 Å². The van der Waals surface area contributed by atoms with Crippen LogP contribution >= 0.6 is 11.6 Å². The molecule has 5 nitrogen and oxygen atoms in total. The van der Waals surface area contributed by atoms with Crippen molar-refractivity contribution in [3.05, 3.63) is 59.7 Å². The number of carbonyl (C=O) groups is 2. The number of hydrogen-bond acceptors (Lipinski definition) is 3. The summed E-state index contributed by atoms with van der Waals surface area (Å²) in [6, 6.07) is 16.2. The van der Waals surface area contributed by atoms with Crippen LogP contribution in [0.15, 0.2) is 48.5 Å². The Hall–Kier alpha value is -2.53. The Labute approximate surface area is 196 Å². The van der Waals surface area contributed by atoms with Gasteiger partial charge in [-0.25, -0.2) is 0 Å². The molecule has 1 heterocycles. The Morgan fingerprint density at radius 1 is 1.06 bits per heavy atom. The Morgan fingerprint density at radius 3 is 2.38 bits per heavy atom. The second-order valence-electron chi connectivity index (χ2n) is 9.06. The largest absolute Gasteiger partial charge is 0.371 e. The molecule has 0 aliphatic carbocycles. The van der Waals surface area contributed by atoms with Gasteiger partial charge in [0.15, 0.2) is 0 Å². The van der Waals surface area contributed by atoms with Gasteiger partial charge in [-0.2, -0.15) is 0 Å². The summed E-state index contributed by atoms with van der Waals surface area (Å²) in [5.74, 6) is 0.608. The van der Waals surface area contributed by atoms with Crippen molar-refractivity contribution in [2.75, 3.05) is 29.9 Å². The summed E-state index contributed by atoms with van der Waals surface area (Å²) in [7, 11) is 0. The zero-order valence-electron chi connectivity index (χ0n) is 19.2. The number of nitrogens with one attached hydrogen (secondary N) is 2. The highest BCUT2D eigenvalue weighted by Gasteiger charge is 2.24. The van der Waals surface area contributed by atoms with Gasteiger partial charge in [0.1, 0.15) is 5.38 Å². The van der Waals surface area contributed by atoms with Gasteiger partial charge in [-0.15, -0.1) is 11.6 Å². The third-order valence-electron chi connectivity index (χ3n) is 5.86. The first-order valence-electron chi connectivity index (χ1n) is 11.5. The van der Waals surface area contributed by atoms with Crippen molar-refractivity contribution in [2.24, 2.45) is 11.8 Å². The van der Waals surface area contributed by atoms with E-state index in [4.69, 9.17) is 11.6 Å². The molecule has 2 aromatic rings. The lowest BCUT2D eigenvalue weighted by atomic mass is 9.89. The minimum Gasteiger partial charge on any atom is -0.371 e. The van der Waals surface area contributed by atoms with E-state index >= 15 is 0 Å². The van der Waals surface area contributed by atoms with Crippen molar-refractivity contribution in [1.29, 1.82) is 0 Å². The molecule has 2 amide bonds. The maximum atomic E-state index is 13.0. The minimum atomic E-state index is -0.642. The number of amides is 2. The minimum absolute atomic E-state index is 0.116. The van der Waals surface area contributed by atoms with E-state index in [2.05, 4.69) is 59.7 Å². The Bertz CT molecular complexity index is 907. The standard InChI is InChI=1S/C26H34ClN3O2/c1-18(2)17-28-26(32)23-16-22(29-25(31)19(3)27)9-10-24(23)30-13-11-21(12-14-30)15-20-7-5-4-6-8-20/h4-10,16,18-19,21H,11-15,17H2,1-3H3,(H,28,32)(H,29,31). The van der Waals surface area contributed by atoms with Crippen LogP contribution in [0.2, 0.25) is 0 Å².